The van der Waals surface area contributed by atoms with E-state index in [4.69, 9.17) is 9.66 Å². The lowest BCUT2D eigenvalue weighted by atomic mass is 10.1. The summed E-state index contributed by atoms with van der Waals surface area (Å²) in [7, 11) is -4.23. The lowest BCUT2D eigenvalue weighted by molar-refractivity contribution is 0.0689. The molecule has 2 rings (SSSR count). The number of nitrogens with zero attached hydrogens (tertiary/aromatic N) is 1. The molecule has 0 bridgehead atoms. The van der Waals surface area contributed by atoms with Gasteiger partial charge in [0.25, 0.3) is 15.7 Å². The van der Waals surface area contributed by atoms with Crippen molar-refractivity contribution in [3.05, 3.63) is 51.9 Å². The molecule has 21 heavy (non-hydrogen) atoms. The Balaban J connectivity index is 2.10. The first kappa shape index (κ1) is 15.0. The molecular weight excluding hydrogens is 300 g/mol. The maximum Gasteiger partial charge on any atom is 0.353 e. The Kier molecular flexibility index (Phi) is 3.96. The van der Waals surface area contributed by atoms with E-state index >= 15 is 0 Å². The Labute approximate surface area is 119 Å². The van der Waals surface area contributed by atoms with Crippen LogP contribution in [0.15, 0.2) is 40.0 Å². The number of H-pyrrole nitrogens is 1. The van der Waals surface area contributed by atoms with Crippen LogP contribution in [0.2, 0.25) is 0 Å². The van der Waals surface area contributed by atoms with Crippen LogP contribution in [0.1, 0.15) is 16.1 Å². The fraction of sp³-hybridized carbons (Fsp3) is 0.167. The fourth-order valence-corrected chi connectivity index (χ4v) is 2.26. The van der Waals surface area contributed by atoms with Crippen LogP contribution in [0, 0.1) is 0 Å². The minimum Gasteiger partial charge on any atom is -0.477 e. The van der Waals surface area contributed by atoms with E-state index in [2.05, 4.69) is 5.10 Å². The van der Waals surface area contributed by atoms with Crippen LogP contribution in [0.25, 0.3) is 0 Å². The summed E-state index contributed by atoms with van der Waals surface area (Å²) >= 11 is 0. The molecule has 0 aliphatic rings. The number of hydrogen-bond donors (Lipinski definition) is 3. The summed E-state index contributed by atoms with van der Waals surface area (Å²) < 4.78 is 31.8. The Hall–Kier alpha value is -2.39. The summed E-state index contributed by atoms with van der Waals surface area (Å²) in [5.41, 5.74) is 0.0875. The molecule has 8 nitrogen and oxygen atoms in total. The van der Waals surface area contributed by atoms with E-state index in [1.54, 1.807) is 0 Å². The minimum atomic E-state index is -4.23. The number of hydrogen-bond acceptors (Lipinski definition) is 4. The molecule has 2 aromatic rings. The highest BCUT2D eigenvalue weighted by atomic mass is 32.2. The molecule has 0 unspecified atom stereocenters. The number of rotatable bonds is 5. The number of benzene rings is 1. The quantitative estimate of drug-likeness (QED) is 0.684. The van der Waals surface area contributed by atoms with Crippen LogP contribution >= 0.6 is 0 Å². The van der Waals surface area contributed by atoms with E-state index in [-0.39, 0.29) is 17.1 Å². The standard InChI is InChI=1S/C12H12N2O6S/c15-11-7-10(12(16)17)13-14(11)6-5-8-1-3-9(4-2-8)21(18,19)20/h1-4,7,13H,5-6H2,(H,16,17)(H,18,19,20). The Morgan fingerprint density at radius 1 is 1.24 bits per heavy atom. The van der Waals surface area contributed by atoms with Gasteiger partial charge in [0.05, 0.1) is 4.90 Å². The van der Waals surface area contributed by atoms with Crippen LogP contribution in [-0.4, -0.2) is 33.8 Å². The molecule has 9 heteroatoms. The van der Waals surface area contributed by atoms with Gasteiger partial charge in [-0.05, 0) is 24.1 Å². The molecule has 0 aliphatic carbocycles. The van der Waals surface area contributed by atoms with Gasteiger partial charge < -0.3 is 5.11 Å². The largest absolute Gasteiger partial charge is 0.477 e. The van der Waals surface area contributed by atoms with Crippen molar-refractivity contribution in [3.8, 4) is 0 Å². The summed E-state index contributed by atoms with van der Waals surface area (Å²) in [6.45, 7) is 0.220. The summed E-state index contributed by atoms with van der Waals surface area (Å²) in [5.74, 6) is -1.22. The van der Waals surface area contributed by atoms with Crippen LogP contribution in [-0.2, 0) is 23.1 Å². The SMILES string of the molecule is O=C(O)c1cc(=O)n(CCc2ccc(S(=O)(=O)O)cc2)[nH]1. The highest BCUT2D eigenvalue weighted by Crippen LogP contribution is 2.10. The van der Waals surface area contributed by atoms with Crippen molar-refractivity contribution in [2.45, 2.75) is 17.9 Å². The van der Waals surface area contributed by atoms with E-state index in [1.165, 1.54) is 24.3 Å². The number of carboxylic acid groups (broad SMARTS) is 1. The first-order chi connectivity index (χ1) is 9.77. The second-order valence-electron chi connectivity index (χ2n) is 4.33. The molecular formula is C12H12N2O6S. The van der Waals surface area contributed by atoms with E-state index in [9.17, 15) is 18.0 Å². The molecule has 0 saturated heterocycles. The number of aryl methyl sites for hydroxylation is 2. The fourth-order valence-electron chi connectivity index (χ4n) is 1.78. The predicted molar refractivity (Wildman–Crippen MR) is 72.0 cm³/mol. The minimum absolute atomic E-state index is 0.193. The Morgan fingerprint density at radius 3 is 2.33 bits per heavy atom. The summed E-state index contributed by atoms with van der Waals surface area (Å²) in [6.07, 6.45) is 0.394. The molecule has 0 atom stereocenters. The highest BCUT2D eigenvalue weighted by Gasteiger charge is 2.10. The third kappa shape index (κ3) is 3.58. The molecule has 0 spiro atoms. The van der Waals surface area contributed by atoms with Crippen LogP contribution in [0.4, 0.5) is 0 Å². The van der Waals surface area contributed by atoms with Gasteiger partial charge in [0.15, 0.2) is 0 Å². The predicted octanol–water partition coefficient (Wildman–Crippen LogP) is 0.364. The maximum absolute atomic E-state index is 11.5. The third-order valence-electron chi connectivity index (χ3n) is 2.86. The number of nitrogens with one attached hydrogen (secondary N) is 1. The average molecular weight is 312 g/mol. The van der Waals surface area contributed by atoms with Crippen molar-refractivity contribution in [2.24, 2.45) is 0 Å². The molecule has 0 amide bonds. The van der Waals surface area contributed by atoms with E-state index in [0.29, 0.717) is 6.42 Å². The van der Waals surface area contributed by atoms with Gasteiger partial charge in [0.1, 0.15) is 5.69 Å². The topological polar surface area (TPSA) is 129 Å². The van der Waals surface area contributed by atoms with E-state index in [0.717, 1.165) is 16.3 Å². The van der Waals surface area contributed by atoms with Crippen LogP contribution < -0.4 is 5.56 Å². The van der Waals surface area contributed by atoms with Gasteiger partial charge in [-0.15, -0.1) is 0 Å². The first-order valence-corrected chi connectivity index (χ1v) is 7.31. The van der Waals surface area contributed by atoms with Crippen LogP contribution in [0.5, 0.6) is 0 Å². The molecule has 1 aromatic carbocycles. The van der Waals surface area contributed by atoms with Crippen molar-refractivity contribution < 1.29 is 22.9 Å². The van der Waals surface area contributed by atoms with Gasteiger partial charge in [-0.2, -0.15) is 8.42 Å². The Morgan fingerprint density at radius 2 is 1.86 bits per heavy atom. The van der Waals surface area contributed by atoms with Gasteiger partial charge in [-0.1, -0.05) is 12.1 Å². The normalized spacial score (nSPS) is 11.5. The highest BCUT2D eigenvalue weighted by molar-refractivity contribution is 7.85. The molecule has 0 fully saturated rings. The zero-order valence-corrected chi connectivity index (χ0v) is 11.5. The van der Waals surface area contributed by atoms with E-state index in [1.807, 2.05) is 0 Å². The molecule has 0 aliphatic heterocycles. The number of carboxylic acids is 1. The lowest BCUT2D eigenvalue weighted by Gasteiger charge is -2.03. The van der Waals surface area contributed by atoms with E-state index < -0.39 is 21.6 Å². The van der Waals surface area contributed by atoms with Gasteiger partial charge in [-0.25, -0.2) is 4.79 Å². The molecule has 0 saturated carbocycles. The monoisotopic (exact) mass is 312 g/mol. The number of aromatic carboxylic acids is 1. The zero-order valence-electron chi connectivity index (χ0n) is 10.7. The second kappa shape index (κ2) is 5.54. The molecule has 1 heterocycles. The Bertz CT molecular complexity index is 816. The zero-order chi connectivity index (χ0) is 15.6. The summed E-state index contributed by atoms with van der Waals surface area (Å²) in [4.78, 5) is 22.0. The van der Waals surface area contributed by atoms with Gasteiger partial charge in [0, 0.05) is 12.6 Å². The molecule has 3 N–H and O–H groups in total. The van der Waals surface area contributed by atoms with Crippen LogP contribution in [0.3, 0.4) is 0 Å². The lowest BCUT2D eigenvalue weighted by Crippen LogP contribution is -2.17. The molecule has 112 valence electrons. The smallest absolute Gasteiger partial charge is 0.353 e. The maximum atomic E-state index is 11.5. The number of aromatic nitrogens is 2. The van der Waals surface area contributed by atoms with Gasteiger partial charge >= 0.3 is 5.97 Å². The van der Waals surface area contributed by atoms with Gasteiger partial charge in [-0.3, -0.25) is 19.1 Å². The van der Waals surface area contributed by atoms with Crippen molar-refractivity contribution in [1.29, 1.82) is 0 Å². The number of carbonyl (C=O) groups is 1. The van der Waals surface area contributed by atoms with Crippen molar-refractivity contribution in [1.82, 2.24) is 9.78 Å². The summed E-state index contributed by atoms with van der Waals surface area (Å²) in [5, 5.41) is 11.2. The number of aromatic amines is 1. The average Bonchev–Trinajstić information content (AvgIpc) is 2.77. The van der Waals surface area contributed by atoms with Crippen molar-refractivity contribution >= 4 is 16.1 Å². The second-order valence-corrected chi connectivity index (χ2v) is 5.76. The summed E-state index contributed by atoms with van der Waals surface area (Å²) in [6, 6.07) is 6.52. The first-order valence-electron chi connectivity index (χ1n) is 5.87. The van der Waals surface area contributed by atoms with Gasteiger partial charge in [0.2, 0.25) is 0 Å². The van der Waals surface area contributed by atoms with Crippen molar-refractivity contribution in [2.75, 3.05) is 0 Å². The van der Waals surface area contributed by atoms with Crippen molar-refractivity contribution in [3.63, 3.8) is 0 Å². The third-order valence-corrected chi connectivity index (χ3v) is 3.73. The molecule has 1 aromatic heterocycles. The molecule has 0 radical (unpaired) electrons.